The van der Waals surface area contributed by atoms with Crippen LogP contribution in [0.2, 0.25) is 0 Å². The topological polar surface area (TPSA) is 63.6 Å². The monoisotopic (exact) mass is 307 g/mol. The molecule has 2 aromatic rings. The number of rotatable bonds is 7. The summed E-state index contributed by atoms with van der Waals surface area (Å²) in [6, 6.07) is 6.30. The van der Waals surface area contributed by atoms with Crippen molar-refractivity contribution in [1.82, 2.24) is 4.98 Å². The van der Waals surface area contributed by atoms with Crippen molar-refractivity contribution in [2.45, 2.75) is 13.0 Å². The van der Waals surface area contributed by atoms with Crippen molar-refractivity contribution in [3.8, 4) is 0 Å². The molecule has 1 heterocycles. The molecule has 7 heteroatoms. The number of oxime groups is 1. The largest absolute Gasteiger partial charge is 0.391 e. The molecule has 0 atom stereocenters. The second-order valence-corrected chi connectivity index (χ2v) is 5.09. The predicted octanol–water partition coefficient (Wildman–Crippen LogP) is 3.10. The maximum atomic E-state index is 13.3. The summed E-state index contributed by atoms with van der Waals surface area (Å²) < 4.78 is 13.3. The highest BCUT2D eigenvalue weighted by molar-refractivity contribution is 7.17. The first-order valence-corrected chi connectivity index (χ1v) is 7.06. The van der Waals surface area contributed by atoms with Gasteiger partial charge in [0.1, 0.15) is 12.4 Å². The number of anilines is 1. The molecule has 110 valence electrons. The van der Waals surface area contributed by atoms with Crippen LogP contribution in [-0.2, 0) is 11.4 Å². The van der Waals surface area contributed by atoms with Gasteiger partial charge in [0.25, 0.3) is 0 Å². The van der Waals surface area contributed by atoms with Gasteiger partial charge in [-0.25, -0.2) is 9.37 Å². The highest BCUT2D eigenvalue weighted by Gasteiger charge is 2.08. The van der Waals surface area contributed by atoms with Crippen molar-refractivity contribution in [1.29, 1.82) is 0 Å². The average Bonchev–Trinajstić information content (AvgIpc) is 2.97. The van der Waals surface area contributed by atoms with Gasteiger partial charge in [0.05, 0.1) is 23.7 Å². The number of thiazole rings is 1. The SMILES string of the molecule is CNc1ncc(C(=O)C/C=N/OCc2ccccc2F)s1. The lowest BCUT2D eigenvalue weighted by atomic mass is 10.2. The van der Waals surface area contributed by atoms with Crippen LogP contribution in [0.4, 0.5) is 9.52 Å². The van der Waals surface area contributed by atoms with Crippen LogP contribution in [0, 0.1) is 5.82 Å². The number of hydrogen-bond acceptors (Lipinski definition) is 6. The number of ketones is 1. The van der Waals surface area contributed by atoms with Gasteiger partial charge in [0, 0.05) is 12.6 Å². The highest BCUT2D eigenvalue weighted by Crippen LogP contribution is 2.18. The predicted molar refractivity (Wildman–Crippen MR) is 80.3 cm³/mol. The van der Waals surface area contributed by atoms with E-state index < -0.39 is 0 Å². The molecule has 0 aliphatic rings. The normalized spacial score (nSPS) is 10.8. The van der Waals surface area contributed by atoms with E-state index in [4.69, 9.17) is 4.84 Å². The molecule has 1 N–H and O–H groups in total. The minimum absolute atomic E-state index is 0.0296. The summed E-state index contributed by atoms with van der Waals surface area (Å²) in [5.41, 5.74) is 0.419. The number of benzene rings is 1. The Hall–Kier alpha value is -2.28. The summed E-state index contributed by atoms with van der Waals surface area (Å²) in [6.07, 6.45) is 3.00. The molecule has 5 nitrogen and oxygen atoms in total. The van der Waals surface area contributed by atoms with E-state index in [1.54, 1.807) is 25.2 Å². The van der Waals surface area contributed by atoms with Crippen molar-refractivity contribution in [3.63, 3.8) is 0 Å². The maximum Gasteiger partial charge on any atom is 0.183 e. The van der Waals surface area contributed by atoms with Crippen molar-refractivity contribution in [3.05, 3.63) is 46.7 Å². The summed E-state index contributed by atoms with van der Waals surface area (Å²) in [7, 11) is 1.74. The van der Waals surface area contributed by atoms with Gasteiger partial charge in [-0.2, -0.15) is 0 Å². The van der Waals surface area contributed by atoms with Crippen LogP contribution in [0.15, 0.2) is 35.6 Å². The van der Waals surface area contributed by atoms with Gasteiger partial charge in [0.15, 0.2) is 10.9 Å². The van der Waals surface area contributed by atoms with Gasteiger partial charge in [-0.1, -0.05) is 34.7 Å². The fraction of sp³-hybridized carbons (Fsp3) is 0.214. The Bertz CT molecular complexity index is 643. The van der Waals surface area contributed by atoms with E-state index in [-0.39, 0.29) is 24.6 Å². The highest BCUT2D eigenvalue weighted by atomic mass is 32.1. The number of halogens is 1. The van der Waals surface area contributed by atoms with E-state index in [1.165, 1.54) is 29.8 Å². The molecule has 0 aliphatic carbocycles. The zero-order valence-electron chi connectivity index (χ0n) is 11.4. The summed E-state index contributed by atoms with van der Waals surface area (Å²) in [4.78, 5) is 21.3. The Morgan fingerprint density at radius 3 is 3.05 bits per heavy atom. The number of nitrogens with one attached hydrogen (secondary N) is 1. The third kappa shape index (κ3) is 4.35. The number of carbonyl (C=O) groups excluding carboxylic acids is 1. The Morgan fingerprint density at radius 1 is 1.52 bits per heavy atom. The van der Waals surface area contributed by atoms with Crippen LogP contribution in [-0.4, -0.2) is 24.0 Å². The first-order valence-electron chi connectivity index (χ1n) is 6.24. The van der Waals surface area contributed by atoms with Crippen molar-refractivity contribution >= 4 is 28.5 Å². The molecule has 0 fully saturated rings. The first-order chi connectivity index (χ1) is 10.2. The van der Waals surface area contributed by atoms with Gasteiger partial charge in [0.2, 0.25) is 0 Å². The fourth-order valence-corrected chi connectivity index (χ4v) is 2.23. The third-order valence-electron chi connectivity index (χ3n) is 2.60. The molecule has 21 heavy (non-hydrogen) atoms. The lowest BCUT2D eigenvalue weighted by molar-refractivity contribution is 0.0999. The zero-order chi connectivity index (χ0) is 15.1. The molecular formula is C14H14FN3O2S. The van der Waals surface area contributed by atoms with Crippen LogP contribution in [0.1, 0.15) is 21.7 Å². The Balaban J connectivity index is 1.78. The Labute approximate surface area is 125 Å². The zero-order valence-corrected chi connectivity index (χ0v) is 12.2. The molecule has 2 rings (SSSR count). The number of nitrogens with zero attached hydrogens (tertiary/aromatic N) is 2. The van der Waals surface area contributed by atoms with E-state index in [2.05, 4.69) is 15.5 Å². The molecule has 0 bridgehead atoms. The summed E-state index contributed by atoms with van der Waals surface area (Å²) in [5.74, 6) is -0.430. The molecular weight excluding hydrogens is 293 g/mol. The molecule has 0 saturated heterocycles. The molecule has 0 amide bonds. The van der Waals surface area contributed by atoms with E-state index >= 15 is 0 Å². The van der Waals surface area contributed by atoms with Crippen molar-refractivity contribution in [2.24, 2.45) is 5.16 Å². The quantitative estimate of drug-likeness (QED) is 0.485. The summed E-state index contributed by atoms with van der Waals surface area (Å²) in [5, 5.41) is 7.21. The molecule has 1 aromatic heterocycles. The van der Waals surface area contributed by atoms with Gasteiger partial charge < -0.3 is 10.2 Å². The summed E-state index contributed by atoms with van der Waals surface area (Å²) >= 11 is 1.28. The molecule has 1 aromatic carbocycles. The maximum absolute atomic E-state index is 13.3. The molecule has 0 saturated carbocycles. The lowest BCUT2D eigenvalue weighted by Crippen LogP contribution is -1.97. The number of carbonyl (C=O) groups is 1. The van der Waals surface area contributed by atoms with Gasteiger partial charge in [-0.15, -0.1) is 0 Å². The van der Waals surface area contributed by atoms with E-state index in [9.17, 15) is 9.18 Å². The molecule has 0 spiro atoms. The number of Topliss-reactive ketones (excluding diaryl/α,β-unsaturated/α-hetero) is 1. The van der Waals surface area contributed by atoms with Gasteiger partial charge in [-0.3, -0.25) is 4.79 Å². The van der Waals surface area contributed by atoms with Gasteiger partial charge >= 0.3 is 0 Å². The minimum Gasteiger partial charge on any atom is -0.391 e. The number of aromatic nitrogens is 1. The van der Waals surface area contributed by atoms with Crippen LogP contribution >= 0.6 is 11.3 Å². The van der Waals surface area contributed by atoms with E-state index in [0.29, 0.717) is 15.6 Å². The van der Waals surface area contributed by atoms with E-state index in [1.807, 2.05) is 0 Å². The van der Waals surface area contributed by atoms with Crippen molar-refractivity contribution in [2.75, 3.05) is 12.4 Å². The first kappa shape index (κ1) is 15.1. The van der Waals surface area contributed by atoms with Crippen LogP contribution in [0.5, 0.6) is 0 Å². The molecule has 0 radical (unpaired) electrons. The second-order valence-electron chi connectivity index (χ2n) is 4.06. The average molecular weight is 307 g/mol. The lowest BCUT2D eigenvalue weighted by Gasteiger charge is -2.00. The summed E-state index contributed by atoms with van der Waals surface area (Å²) in [6.45, 7) is 0.0296. The van der Waals surface area contributed by atoms with Crippen LogP contribution in [0.3, 0.4) is 0 Å². The minimum atomic E-state index is -0.340. The fourth-order valence-electron chi connectivity index (χ4n) is 1.51. The van der Waals surface area contributed by atoms with Gasteiger partial charge in [-0.05, 0) is 6.07 Å². The Kier molecular flexibility index (Phi) is 5.39. The number of hydrogen-bond donors (Lipinski definition) is 1. The van der Waals surface area contributed by atoms with Crippen LogP contribution < -0.4 is 5.32 Å². The molecule has 0 aliphatic heterocycles. The van der Waals surface area contributed by atoms with Crippen LogP contribution in [0.25, 0.3) is 0 Å². The Morgan fingerprint density at radius 2 is 2.33 bits per heavy atom. The standard InChI is InChI=1S/C14H14FN3O2S/c1-16-14-17-8-13(21-14)12(19)6-7-18-20-9-10-4-2-3-5-11(10)15/h2-5,7-8H,6,9H2,1H3,(H,16,17)/b18-7+. The van der Waals surface area contributed by atoms with Crippen molar-refractivity contribution < 1.29 is 14.0 Å². The second kappa shape index (κ2) is 7.49. The van der Waals surface area contributed by atoms with E-state index in [0.717, 1.165) is 0 Å². The smallest absolute Gasteiger partial charge is 0.183 e. The molecule has 0 unspecified atom stereocenters. The third-order valence-corrected chi connectivity index (χ3v) is 3.65.